The predicted octanol–water partition coefficient (Wildman–Crippen LogP) is 2.29. The topological polar surface area (TPSA) is 50.9 Å². The lowest BCUT2D eigenvalue weighted by molar-refractivity contribution is 0.613. The minimum Gasteiger partial charge on any atom is -0.366 e. The molecule has 88 valence electrons. The molecule has 0 saturated carbocycles. The highest BCUT2D eigenvalue weighted by molar-refractivity contribution is 5.38. The molecule has 0 aliphatic rings. The first kappa shape index (κ1) is 11.5. The summed E-state index contributed by atoms with van der Waals surface area (Å²) in [6.07, 6.45) is 1.69. The Kier molecular flexibility index (Phi) is 3.67. The first-order valence-corrected chi connectivity index (χ1v) is 5.42. The van der Waals surface area contributed by atoms with Crippen LogP contribution in [0.1, 0.15) is 11.1 Å². The molecular weight excluding hydrogens is 217 g/mol. The number of hydrogen-bond donors (Lipinski definition) is 2. The van der Waals surface area contributed by atoms with Gasteiger partial charge < -0.3 is 11.1 Å². The van der Waals surface area contributed by atoms with Crippen LogP contribution in [-0.2, 0) is 13.1 Å². The molecule has 2 aromatic rings. The maximum absolute atomic E-state index is 13.4. The van der Waals surface area contributed by atoms with Crippen molar-refractivity contribution in [1.29, 1.82) is 0 Å². The van der Waals surface area contributed by atoms with E-state index in [1.807, 2.05) is 18.2 Å². The third-order valence-corrected chi connectivity index (χ3v) is 2.48. The molecular formula is C13H14FN3. The highest BCUT2D eigenvalue weighted by atomic mass is 19.1. The number of benzene rings is 1. The standard InChI is InChI=1S/C13H14FN3/c14-12-4-2-1-3-11(12)9-17-13-7-10(8-15)5-6-16-13/h1-7H,8-9,15H2,(H,16,17). The number of anilines is 1. The van der Waals surface area contributed by atoms with E-state index in [-0.39, 0.29) is 5.82 Å². The number of halogens is 1. The van der Waals surface area contributed by atoms with E-state index in [9.17, 15) is 4.39 Å². The average Bonchev–Trinajstić information content (AvgIpc) is 2.38. The number of aromatic nitrogens is 1. The molecule has 0 unspecified atom stereocenters. The van der Waals surface area contributed by atoms with Crippen LogP contribution in [0.4, 0.5) is 10.2 Å². The van der Waals surface area contributed by atoms with Crippen molar-refractivity contribution in [1.82, 2.24) is 4.98 Å². The van der Waals surface area contributed by atoms with Gasteiger partial charge >= 0.3 is 0 Å². The third kappa shape index (κ3) is 3.01. The van der Waals surface area contributed by atoms with Crippen LogP contribution in [0.2, 0.25) is 0 Å². The molecule has 0 saturated heterocycles. The van der Waals surface area contributed by atoms with Gasteiger partial charge in [0.25, 0.3) is 0 Å². The van der Waals surface area contributed by atoms with Gasteiger partial charge in [0.05, 0.1) is 0 Å². The van der Waals surface area contributed by atoms with Gasteiger partial charge in [0.2, 0.25) is 0 Å². The zero-order chi connectivity index (χ0) is 12.1. The molecule has 0 atom stereocenters. The summed E-state index contributed by atoms with van der Waals surface area (Å²) in [4.78, 5) is 4.14. The summed E-state index contributed by atoms with van der Waals surface area (Å²) in [5.74, 6) is 0.492. The summed E-state index contributed by atoms with van der Waals surface area (Å²) < 4.78 is 13.4. The van der Waals surface area contributed by atoms with Crippen molar-refractivity contribution in [3.05, 3.63) is 59.5 Å². The van der Waals surface area contributed by atoms with E-state index in [0.29, 0.717) is 24.5 Å². The Hall–Kier alpha value is -1.94. The van der Waals surface area contributed by atoms with Crippen LogP contribution >= 0.6 is 0 Å². The monoisotopic (exact) mass is 231 g/mol. The number of nitrogens with two attached hydrogens (primary N) is 1. The van der Waals surface area contributed by atoms with Gasteiger partial charge in [0, 0.05) is 24.8 Å². The van der Waals surface area contributed by atoms with Crippen molar-refractivity contribution in [3.63, 3.8) is 0 Å². The van der Waals surface area contributed by atoms with E-state index in [4.69, 9.17) is 5.73 Å². The van der Waals surface area contributed by atoms with Crippen LogP contribution in [-0.4, -0.2) is 4.98 Å². The first-order valence-electron chi connectivity index (χ1n) is 5.42. The molecule has 0 aliphatic heterocycles. The number of nitrogens with one attached hydrogen (secondary N) is 1. The number of rotatable bonds is 4. The molecule has 1 aromatic carbocycles. The molecule has 4 heteroatoms. The van der Waals surface area contributed by atoms with Gasteiger partial charge in [-0.1, -0.05) is 18.2 Å². The Labute approximate surface area is 99.5 Å². The Bertz CT molecular complexity index is 500. The van der Waals surface area contributed by atoms with Gasteiger partial charge in [-0.25, -0.2) is 9.37 Å². The van der Waals surface area contributed by atoms with Crippen molar-refractivity contribution in [2.24, 2.45) is 5.73 Å². The molecule has 17 heavy (non-hydrogen) atoms. The normalized spacial score (nSPS) is 10.2. The van der Waals surface area contributed by atoms with Crippen LogP contribution in [0.3, 0.4) is 0 Å². The van der Waals surface area contributed by atoms with Gasteiger partial charge in [-0.2, -0.15) is 0 Å². The fourth-order valence-corrected chi connectivity index (χ4v) is 1.53. The minimum absolute atomic E-state index is 0.213. The van der Waals surface area contributed by atoms with Crippen LogP contribution in [0.25, 0.3) is 0 Å². The Morgan fingerprint density at radius 3 is 2.82 bits per heavy atom. The molecule has 3 N–H and O–H groups in total. The van der Waals surface area contributed by atoms with Gasteiger partial charge in [-0.3, -0.25) is 0 Å². The first-order chi connectivity index (χ1) is 8.29. The molecule has 0 spiro atoms. The van der Waals surface area contributed by atoms with E-state index >= 15 is 0 Å². The van der Waals surface area contributed by atoms with Crippen LogP contribution < -0.4 is 11.1 Å². The van der Waals surface area contributed by atoms with Crippen molar-refractivity contribution in [2.45, 2.75) is 13.1 Å². The smallest absolute Gasteiger partial charge is 0.128 e. The number of hydrogen-bond acceptors (Lipinski definition) is 3. The van der Waals surface area contributed by atoms with E-state index < -0.39 is 0 Å². The molecule has 2 rings (SSSR count). The summed E-state index contributed by atoms with van der Waals surface area (Å²) in [7, 11) is 0. The molecule has 0 radical (unpaired) electrons. The van der Waals surface area contributed by atoms with Gasteiger partial charge in [0.15, 0.2) is 0 Å². The Morgan fingerprint density at radius 1 is 1.24 bits per heavy atom. The fourth-order valence-electron chi connectivity index (χ4n) is 1.53. The van der Waals surface area contributed by atoms with Crippen LogP contribution in [0, 0.1) is 5.82 Å². The molecule has 1 aromatic heterocycles. The molecule has 0 aliphatic carbocycles. The molecule has 1 heterocycles. The highest BCUT2D eigenvalue weighted by Gasteiger charge is 2.01. The third-order valence-electron chi connectivity index (χ3n) is 2.48. The lowest BCUT2D eigenvalue weighted by Crippen LogP contribution is -2.04. The average molecular weight is 231 g/mol. The zero-order valence-electron chi connectivity index (χ0n) is 9.36. The van der Waals surface area contributed by atoms with Gasteiger partial charge in [-0.05, 0) is 23.8 Å². The largest absolute Gasteiger partial charge is 0.366 e. The summed E-state index contributed by atoms with van der Waals surface area (Å²) in [5.41, 5.74) is 7.15. The van der Waals surface area contributed by atoms with Crippen molar-refractivity contribution >= 4 is 5.82 Å². The van der Waals surface area contributed by atoms with Crippen molar-refractivity contribution in [2.75, 3.05) is 5.32 Å². The summed E-state index contributed by atoms with van der Waals surface area (Å²) in [6.45, 7) is 0.880. The second-order valence-corrected chi connectivity index (χ2v) is 3.70. The van der Waals surface area contributed by atoms with E-state index in [1.54, 1.807) is 18.3 Å². The summed E-state index contributed by atoms with van der Waals surface area (Å²) in [6, 6.07) is 10.4. The van der Waals surface area contributed by atoms with Gasteiger partial charge in [0.1, 0.15) is 11.6 Å². The number of pyridine rings is 1. The van der Waals surface area contributed by atoms with E-state index in [0.717, 1.165) is 5.56 Å². The Morgan fingerprint density at radius 2 is 2.06 bits per heavy atom. The minimum atomic E-state index is -0.213. The number of nitrogens with zero attached hydrogens (tertiary/aromatic N) is 1. The second-order valence-electron chi connectivity index (χ2n) is 3.70. The maximum Gasteiger partial charge on any atom is 0.128 e. The summed E-state index contributed by atoms with van der Waals surface area (Å²) >= 11 is 0. The molecule has 0 fully saturated rings. The molecule has 0 amide bonds. The maximum atomic E-state index is 13.4. The van der Waals surface area contributed by atoms with Crippen molar-refractivity contribution in [3.8, 4) is 0 Å². The summed E-state index contributed by atoms with van der Waals surface area (Å²) in [5, 5.41) is 3.07. The predicted molar refractivity (Wildman–Crippen MR) is 65.9 cm³/mol. The lowest BCUT2D eigenvalue weighted by Gasteiger charge is -2.07. The lowest BCUT2D eigenvalue weighted by atomic mass is 10.2. The van der Waals surface area contributed by atoms with E-state index in [1.165, 1.54) is 6.07 Å². The second kappa shape index (κ2) is 5.41. The molecule has 3 nitrogen and oxygen atoms in total. The highest BCUT2D eigenvalue weighted by Crippen LogP contribution is 2.10. The fraction of sp³-hybridized carbons (Fsp3) is 0.154. The van der Waals surface area contributed by atoms with Crippen LogP contribution in [0.15, 0.2) is 42.6 Å². The van der Waals surface area contributed by atoms with Gasteiger partial charge in [-0.15, -0.1) is 0 Å². The Balaban J connectivity index is 2.05. The van der Waals surface area contributed by atoms with E-state index in [2.05, 4.69) is 10.3 Å². The van der Waals surface area contributed by atoms with Crippen molar-refractivity contribution < 1.29 is 4.39 Å². The van der Waals surface area contributed by atoms with Crippen LogP contribution in [0.5, 0.6) is 0 Å². The zero-order valence-corrected chi connectivity index (χ0v) is 9.36. The quantitative estimate of drug-likeness (QED) is 0.848. The SMILES string of the molecule is NCc1ccnc(NCc2ccccc2F)c1. The molecule has 0 bridgehead atoms.